The van der Waals surface area contributed by atoms with Crippen molar-refractivity contribution < 1.29 is 14.4 Å². The number of aryl methyl sites for hydroxylation is 1. The Kier molecular flexibility index (Phi) is 5.26. The van der Waals surface area contributed by atoms with Gasteiger partial charge in [-0.05, 0) is 49.2 Å². The van der Waals surface area contributed by atoms with E-state index in [9.17, 15) is 14.4 Å². The monoisotopic (exact) mass is 365 g/mol. The first-order valence-corrected chi connectivity index (χ1v) is 8.88. The largest absolute Gasteiger partial charge is 0.332 e. The molecule has 3 amide bonds. The summed E-state index contributed by atoms with van der Waals surface area (Å²) in [6.07, 6.45) is 0.730. The molecule has 1 aliphatic heterocycles. The van der Waals surface area contributed by atoms with Crippen LogP contribution in [-0.4, -0.2) is 42.8 Å². The van der Waals surface area contributed by atoms with Gasteiger partial charge in [0, 0.05) is 37.5 Å². The lowest BCUT2D eigenvalue weighted by Crippen LogP contribution is -2.35. The Bertz CT molecular complexity index is 890. The van der Waals surface area contributed by atoms with Gasteiger partial charge in [0.15, 0.2) is 0 Å². The highest BCUT2D eigenvalue weighted by molar-refractivity contribution is 6.00. The van der Waals surface area contributed by atoms with Gasteiger partial charge in [-0.15, -0.1) is 0 Å². The van der Waals surface area contributed by atoms with E-state index in [2.05, 4.69) is 5.32 Å². The molecule has 1 heterocycles. The van der Waals surface area contributed by atoms with E-state index >= 15 is 0 Å². The van der Waals surface area contributed by atoms with E-state index in [0.717, 1.165) is 23.2 Å². The van der Waals surface area contributed by atoms with Gasteiger partial charge in [0.25, 0.3) is 5.91 Å². The summed E-state index contributed by atoms with van der Waals surface area (Å²) in [5.74, 6) is -0.477. The lowest BCUT2D eigenvalue weighted by atomic mass is 10.1. The molecule has 0 saturated heterocycles. The van der Waals surface area contributed by atoms with Gasteiger partial charge in [-0.3, -0.25) is 14.4 Å². The molecule has 0 fully saturated rings. The van der Waals surface area contributed by atoms with Gasteiger partial charge in [-0.25, -0.2) is 0 Å². The molecule has 0 bridgehead atoms. The maximum Gasteiger partial charge on any atom is 0.254 e. The fourth-order valence-corrected chi connectivity index (χ4v) is 3.21. The number of hydrogen-bond donors (Lipinski definition) is 1. The van der Waals surface area contributed by atoms with E-state index in [4.69, 9.17) is 0 Å². The predicted octanol–water partition coefficient (Wildman–Crippen LogP) is 2.61. The number of nitrogens with one attached hydrogen (secondary N) is 1. The first kappa shape index (κ1) is 18.6. The minimum absolute atomic E-state index is 0.00211. The zero-order chi connectivity index (χ0) is 19.6. The highest BCUT2D eigenvalue weighted by Gasteiger charge is 2.24. The fraction of sp³-hybridized carbons (Fsp3) is 0.286. The van der Waals surface area contributed by atoms with Crippen molar-refractivity contribution in [2.24, 2.45) is 0 Å². The van der Waals surface area contributed by atoms with Crippen molar-refractivity contribution in [3.63, 3.8) is 0 Å². The van der Waals surface area contributed by atoms with E-state index in [1.807, 2.05) is 37.3 Å². The van der Waals surface area contributed by atoms with E-state index in [-0.39, 0.29) is 24.3 Å². The fourth-order valence-electron chi connectivity index (χ4n) is 3.21. The minimum Gasteiger partial charge on any atom is -0.332 e. The molecule has 27 heavy (non-hydrogen) atoms. The Morgan fingerprint density at radius 1 is 1.11 bits per heavy atom. The first-order valence-electron chi connectivity index (χ1n) is 8.88. The van der Waals surface area contributed by atoms with Crippen LogP contribution in [-0.2, 0) is 16.0 Å². The van der Waals surface area contributed by atoms with Crippen molar-refractivity contribution in [3.8, 4) is 0 Å². The summed E-state index contributed by atoms with van der Waals surface area (Å²) >= 11 is 0. The molecule has 0 aromatic heterocycles. The molecule has 6 heteroatoms. The Balaban J connectivity index is 1.64. The number of hydrogen-bond acceptors (Lipinski definition) is 3. The molecule has 6 nitrogen and oxygen atoms in total. The van der Waals surface area contributed by atoms with Crippen LogP contribution in [0.1, 0.15) is 28.4 Å². The van der Waals surface area contributed by atoms with Gasteiger partial charge in [-0.1, -0.05) is 17.7 Å². The second-order valence-electron chi connectivity index (χ2n) is 6.84. The summed E-state index contributed by atoms with van der Waals surface area (Å²) in [7, 11) is 1.60. The van der Waals surface area contributed by atoms with Crippen LogP contribution in [0.4, 0.5) is 11.4 Å². The van der Waals surface area contributed by atoms with Gasteiger partial charge < -0.3 is 15.1 Å². The number of anilines is 2. The van der Waals surface area contributed by atoms with Crippen LogP contribution in [0, 0.1) is 6.92 Å². The zero-order valence-corrected chi connectivity index (χ0v) is 15.8. The maximum atomic E-state index is 12.7. The smallest absolute Gasteiger partial charge is 0.254 e. The van der Waals surface area contributed by atoms with Crippen molar-refractivity contribution in [1.29, 1.82) is 0 Å². The normalized spacial score (nSPS) is 12.5. The Hall–Kier alpha value is -3.15. The molecule has 0 atom stereocenters. The predicted molar refractivity (Wildman–Crippen MR) is 105 cm³/mol. The molecule has 2 aromatic rings. The molecule has 1 aliphatic rings. The Morgan fingerprint density at radius 2 is 1.81 bits per heavy atom. The number of likely N-dealkylation sites (N-methyl/N-ethyl adjacent to an activating group) is 1. The van der Waals surface area contributed by atoms with Crippen molar-refractivity contribution in [2.45, 2.75) is 20.3 Å². The van der Waals surface area contributed by atoms with Crippen LogP contribution in [0.5, 0.6) is 0 Å². The van der Waals surface area contributed by atoms with Crippen molar-refractivity contribution in [2.75, 3.05) is 30.4 Å². The molecule has 0 radical (unpaired) electrons. The number of fused-ring (bicyclic) bond motifs is 1. The molecule has 1 N–H and O–H groups in total. The summed E-state index contributed by atoms with van der Waals surface area (Å²) in [6.45, 7) is 4.11. The number of carbonyl (C=O) groups excluding carboxylic acids is 3. The number of benzene rings is 2. The van der Waals surface area contributed by atoms with Crippen molar-refractivity contribution in [3.05, 3.63) is 59.2 Å². The van der Waals surface area contributed by atoms with Gasteiger partial charge in [0.1, 0.15) is 0 Å². The number of nitrogens with zero attached hydrogens (tertiary/aromatic N) is 2. The van der Waals surface area contributed by atoms with Crippen molar-refractivity contribution in [1.82, 2.24) is 4.90 Å². The SMILES string of the molecule is CC(=O)N1CCc2cc(C(=O)N(C)CC(=O)Nc3ccc(C)cc3)ccc21. The molecule has 0 aliphatic carbocycles. The molecular weight excluding hydrogens is 342 g/mol. The summed E-state index contributed by atoms with van der Waals surface area (Å²) in [4.78, 5) is 39.6. The molecule has 0 spiro atoms. The first-order chi connectivity index (χ1) is 12.8. The van der Waals surface area contributed by atoms with Crippen LogP contribution < -0.4 is 10.2 Å². The van der Waals surface area contributed by atoms with Gasteiger partial charge in [0.05, 0.1) is 6.54 Å². The van der Waals surface area contributed by atoms with E-state index < -0.39 is 0 Å². The van der Waals surface area contributed by atoms with Crippen LogP contribution in [0.25, 0.3) is 0 Å². The molecule has 2 aromatic carbocycles. The maximum absolute atomic E-state index is 12.7. The third-order valence-electron chi connectivity index (χ3n) is 4.66. The summed E-state index contributed by atoms with van der Waals surface area (Å²) < 4.78 is 0. The standard InChI is InChI=1S/C21H23N3O3/c1-14-4-7-18(8-5-14)22-20(26)13-23(3)21(27)17-6-9-19-16(12-17)10-11-24(19)15(2)25/h4-9,12H,10-11,13H2,1-3H3,(H,22,26). The van der Waals surface area contributed by atoms with Gasteiger partial charge >= 0.3 is 0 Å². The lowest BCUT2D eigenvalue weighted by molar-refractivity contribution is -0.117. The van der Waals surface area contributed by atoms with E-state index in [0.29, 0.717) is 17.8 Å². The average molecular weight is 365 g/mol. The number of amides is 3. The van der Waals surface area contributed by atoms with Gasteiger partial charge in [0.2, 0.25) is 11.8 Å². The zero-order valence-electron chi connectivity index (χ0n) is 15.8. The molecule has 0 unspecified atom stereocenters. The van der Waals surface area contributed by atoms with Gasteiger partial charge in [-0.2, -0.15) is 0 Å². The highest BCUT2D eigenvalue weighted by Crippen LogP contribution is 2.29. The summed E-state index contributed by atoms with van der Waals surface area (Å²) in [5, 5.41) is 2.79. The third kappa shape index (κ3) is 4.16. The lowest BCUT2D eigenvalue weighted by Gasteiger charge is -2.18. The second kappa shape index (κ2) is 7.61. The molecule has 140 valence electrons. The molecule has 3 rings (SSSR count). The van der Waals surface area contributed by atoms with E-state index in [1.54, 1.807) is 24.1 Å². The highest BCUT2D eigenvalue weighted by atomic mass is 16.2. The van der Waals surface area contributed by atoms with Crippen LogP contribution in [0.2, 0.25) is 0 Å². The second-order valence-corrected chi connectivity index (χ2v) is 6.84. The third-order valence-corrected chi connectivity index (χ3v) is 4.66. The minimum atomic E-state index is -0.251. The Morgan fingerprint density at radius 3 is 2.48 bits per heavy atom. The quantitative estimate of drug-likeness (QED) is 0.905. The number of rotatable bonds is 4. The average Bonchev–Trinajstić information content (AvgIpc) is 3.06. The molecular formula is C21H23N3O3. The molecule has 0 saturated carbocycles. The van der Waals surface area contributed by atoms with E-state index in [1.165, 1.54) is 11.8 Å². The van der Waals surface area contributed by atoms with Crippen molar-refractivity contribution >= 4 is 29.1 Å². The van der Waals surface area contributed by atoms with Crippen LogP contribution in [0.15, 0.2) is 42.5 Å². The van der Waals surface area contributed by atoms with Crippen LogP contribution in [0.3, 0.4) is 0 Å². The summed E-state index contributed by atoms with van der Waals surface area (Å²) in [6, 6.07) is 12.8. The topological polar surface area (TPSA) is 69.7 Å². The Labute approximate surface area is 158 Å². The van der Waals surface area contributed by atoms with Crippen LogP contribution >= 0.6 is 0 Å². The summed E-state index contributed by atoms with van der Waals surface area (Å²) in [5.41, 5.74) is 4.17. The number of carbonyl (C=O) groups is 3.